The second-order valence-corrected chi connectivity index (χ2v) is 7.04. The zero-order chi connectivity index (χ0) is 20.2. The molecular weight excluding hydrogens is 374 g/mol. The first-order valence-corrected chi connectivity index (χ1v) is 9.50. The van der Waals surface area contributed by atoms with E-state index in [1.807, 2.05) is 47.4 Å². The standard InChI is InChI=1S/C22H20F2N4O/c23-17-8-9-20(18(24)13-17)25-22(29)16-7-4-12-28(14-16)21-11-10-19(26-27-21)15-5-2-1-3-6-15/h1-3,5-6,8-11,13,16H,4,7,12,14H2,(H,25,29). The van der Waals surface area contributed by atoms with Crippen molar-refractivity contribution in [2.24, 2.45) is 5.92 Å². The molecule has 148 valence electrons. The molecule has 1 aromatic heterocycles. The number of benzene rings is 2. The van der Waals surface area contributed by atoms with E-state index in [1.165, 1.54) is 6.07 Å². The Morgan fingerprint density at radius 2 is 1.86 bits per heavy atom. The molecular formula is C22H20F2N4O. The van der Waals surface area contributed by atoms with Gasteiger partial charge in [0.2, 0.25) is 5.91 Å². The fourth-order valence-corrected chi connectivity index (χ4v) is 3.48. The maximum Gasteiger partial charge on any atom is 0.229 e. The summed E-state index contributed by atoms with van der Waals surface area (Å²) in [7, 11) is 0. The number of halogens is 2. The highest BCUT2D eigenvalue weighted by molar-refractivity contribution is 5.93. The van der Waals surface area contributed by atoms with E-state index >= 15 is 0 Å². The van der Waals surface area contributed by atoms with Gasteiger partial charge in [0.15, 0.2) is 5.82 Å². The van der Waals surface area contributed by atoms with Crippen molar-refractivity contribution in [1.29, 1.82) is 0 Å². The molecule has 0 radical (unpaired) electrons. The van der Waals surface area contributed by atoms with E-state index < -0.39 is 11.6 Å². The zero-order valence-corrected chi connectivity index (χ0v) is 15.7. The minimum Gasteiger partial charge on any atom is -0.354 e. The molecule has 1 amide bonds. The Morgan fingerprint density at radius 3 is 2.59 bits per heavy atom. The van der Waals surface area contributed by atoms with Crippen molar-refractivity contribution < 1.29 is 13.6 Å². The van der Waals surface area contributed by atoms with E-state index in [9.17, 15) is 13.6 Å². The molecule has 3 aromatic rings. The quantitative estimate of drug-likeness (QED) is 0.718. The van der Waals surface area contributed by atoms with Crippen LogP contribution >= 0.6 is 0 Å². The van der Waals surface area contributed by atoms with Crippen molar-refractivity contribution >= 4 is 17.4 Å². The van der Waals surface area contributed by atoms with Crippen LogP contribution in [-0.4, -0.2) is 29.2 Å². The number of piperidine rings is 1. The van der Waals surface area contributed by atoms with E-state index in [2.05, 4.69) is 15.5 Å². The van der Waals surface area contributed by atoms with E-state index in [0.717, 1.165) is 36.4 Å². The Hall–Kier alpha value is -3.35. The van der Waals surface area contributed by atoms with Gasteiger partial charge in [-0.1, -0.05) is 30.3 Å². The lowest BCUT2D eigenvalue weighted by Crippen LogP contribution is -2.41. The highest BCUT2D eigenvalue weighted by Crippen LogP contribution is 2.25. The second-order valence-electron chi connectivity index (χ2n) is 7.04. The summed E-state index contributed by atoms with van der Waals surface area (Å²) in [6.07, 6.45) is 1.51. The summed E-state index contributed by atoms with van der Waals surface area (Å²) < 4.78 is 26.9. The minimum absolute atomic E-state index is 0.0134. The number of aromatic nitrogens is 2. The van der Waals surface area contributed by atoms with Crippen LogP contribution in [0.25, 0.3) is 11.3 Å². The average molecular weight is 394 g/mol. The number of rotatable bonds is 4. The van der Waals surface area contributed by atoms with Crippen molar-refractivity contribution in [2.45, 2.75) is 12.8 Å². The van der Waals surface area contributed by atoms with Gasteiger partial charge in [-0.3, -0.25) is 4.79 Å². The van der Waals surface area contributed by atoms with Gasteiger partial charge in [0, 0.05) is 24.7 Å². The van der Waals surface area contributed by atoms with Gasteiger partial charge in [-0.05, 0) is 37.1 Å². The molecule has 1 fully saturated rings. The number of carbonyl (C=O) groups is 1. The lowest BCUT2D eigenvalue weighted by Gasteiger charge is -2.32. The topological polar surface area (TPSA) is 58.1 Å². The Bertz CT molecular complexity index is 995. The van der Waals surface area contributed by atoms with Crippen LogP contribution in [0, 0.1) is 17.6 Å². The molecule has 4 rings (SSSR count). The summed E-state index contributed by atoms with van der Waals surface area (Å²) in [5.41, 5.74) is 1.76. The number of hydrogen-bond acceptors (Lipinski definition) is 4. The summed E-state index contributed by atoms with van der Waals surface area (Å²) in [5, 5.41) is 11.2. The van der Waals surface area contributed by atoms with Gasteiger partial charge in [-0.25, -0.2) is 8.78 Å². The highest BCUT2D eigenvalue weighted by atomic mass is 19.1. The van der Waals surface area contributed by atoms with Crippen molar-refractivity contribution in [1.82, 2.24) is 10.2 Å². The number of carbonyl (C=O) groups excluding carboxylic acids is 1. The summed E-state index contributed by atoms with van der Waals surface area (Å²) in [5.74, 6) is -1.36. The van der Waals surface area contributed by atoms with Crippen molar-refractivity contribution in [2.75, 3.05) is 23.3 Å². The Balaban J connectivity index is 1.43. The first-order valence-electron chi connectivity index (χ1n) is 9.50. The molecule has 1 aliphatic heterocycles. The first kappa shape index (κ1) is 19.0. The fraction of sp³-hybridized carbons (Fsp3) is 0.227. The number of anilines is 2. The van der Waals surface area contributed by atoms with Crippen LogP contribution in [0.15, 0.2) is 60.7 Å². The normalized spacial score (nSPS) is 16.5. The van der Waals surface area contributed by atoms with Gasteiger partial charge < -0.3 is 10.2 Å². The lowest BCUT2D eigenvalue weighted by atomic mass is 9.97. The zero-order valence-electron chi connectivity index (χ0n) is 15.7. The molecule has 2 heterocycles. The lowest BCUT2D eigenvalue weighted by molar-refractivity contribution is -0.120. The molecule has 29 heavy (non-hydrogen) atoms. The van der Waals surface area contributed by atoms with E-state index in [4.69, 9.17) is 0 Å². The summed E-state index contributed by atoms with van der Waals surface area (Å²) in [6.45, 7) is 1.24. The predicted molar refractivity (Wildman–Crippen MR) is 107 cm³/mol. The van der Waals surface area contributed by atoms with Crippen molar-refractivity contribution in [3.63, 3.8) is 0 Å². The molecule has 7 heteroatoms. The third kappa shape index (κ3) is 4.39. The highest BCUT2D eigenvalue weighted by Gasteiger charge is 2.27. The van der Waals surface area contributed by atoms with Crippen LogP contribution in [0.5, 0.6) is 0 Å². The number of amides is 1. The molecule has 5 nitrogen and oxygen atoms in total. The van der Waals surface area contributed by atoms with Gasteiger partial charge in [-0.2, -0.15) is 0 Å². The third-order valence-electron chi connectivity index (χ3n) is 5.03. The monoisotopic (exact) mass is 394 g/mol. The molecule has 0 aliphatic carbocycles. The maximum absolute atomic E-state index is 13.8. The largest absolute Gasteiger partial charge is 0.354 e. The maximum atomic E-state index is 13.8. The molecule has 1 atom stereocenters. The van der Waals surface area contributed by atoms with Gasteiger partial charge in [0.1, 0.15) is 11.6 Å². The Kier molecular flexibility index (Phi) is 5.46. The summed E-state index contributed by atoms with van der Waals surface area (Å²) >= 11 is 0. The van der Waals surface area contributed by atoms with Crippen LogP contribution in [-0.2, 0) is 4.79 Å². The van der Waals surface area contributed by atoms with Gasteiger partial charge in [0.05, 0.1) is 17.3 Å². The smallest absolute Gasteiger partial charge is 0.229 e. The molecule has 0 bridgehead atoms. The van der Waals surface area contributed by atoms with Crippen LogP contribution in [0.3, 0.4) is 0 Å². The second kappa shape index (κ2) is 8.34. The predicted octanol–water partition coefficient (Wildman–Crippen LogP) is 4.28. The number of hydrogen-bond donors (Lipinski definition) is 1. The molecule has 1 unspecified atom stereocenters. The summed E-state index contributed by atoms with van der Waals surface area (Å²) in [4.78, 5) is 14.6. The van der Waals surface area contributed by atoms with Crippen LogP contribution in [0.2, 0.25) is 0 Å². The van der Waals surface area contributed by atoms with E-state index in [1.54, 1.807) is 0 Å². The van der Waals surface area contributed by atoms with Gasteiger partial charge in [-0.15, -0.1) is 10.2 Å². The fourth-order valence-electron chi connectivity index (χ4n) is 3.48. The summed E-state index contributed by atoms with van der Waals surface area (Å²) in [6, 6.07) is 16.7. The SMILES string of the molecule is O=C(Nc1ccc(F)cc1F)C1CCCN(c2ccc(-c3ccccc3)nn2)C1. The molecule has 1 aliphatic rings. The molecule has 0 saturated carbocycles. The first-order chi connectivity index (χ1) is 14.1. The Labute approximate surface area is 167 Å². The molecule has 1 saturated heterocycles. The van der Waals surface area contributed by atoms with E-state index in [-0.39, 0.29) is 17.5 Å². The number of nitrogens with zero attached hydrogens (tertiary/aromatic N) is 3. The van der Waals surface area contributed by atoms with Crippen molar-refractivity contribution in [3.8, 4) is 11.3 Å². The van der Waals surface area contributed by atoms with Crippen molar-refractivity contribution in [3.05, 3.63) is 72.3 Å². The van der Waals surface area contributed by atoms with Gasteiger partial charge in [0.25, 0.3) is 0 Å². The van der Waals surface area contributed by atoms with Crippen LogP contribution in [0.1, 0.15) is 12.8 Å². The van der Waals surface area contributed by atoms with Gasteiger partial charge >= 0.3 is 0 Å². The Morgan fingerprint density at radius 1 is 1.03 bits per heavy atom. The number of nitrogens with one attached hydrogen (secondary N) is 1. The van der Waals surface area contributed by atoms with Crippen LogP contribution in [0.4, 0.5) is 20.3 Å². The molecule has 0 spiro atoms. The molecule has 1 N–H and O–H groups in total. The minimum atomic E-state index is -0.784. The van der Waals surface area contributed by atoms with Crippen LogP contribution < -0.4 is 10.2 Å². The van der Waals surface area contributed by atoms with E-state index in [0.29, 0.717) is 18.8 Å². The molecule has 2 aromatic carbocycles. The average Bonchev–Trinajstić information content (AvgIpc) is 2.76. The third-order valence-corrected chi connectivity index (χ3v) is 5.03.